The number of rotatable bonds is 4. The van der Waals surface area contributed by atoms with Crippen molar-refractivity contribution in [3.63, 3.8) is 0 Å². The molecule has 1 saturated heterocycles. The van der Waals surface area contributed by atoms with E-state index in [1.165, 1.54) is 38.0 Å². The molecule has 2 aromatic heterocycles. The number of aromatic nitrogens is 2. The van der Waals surface area contributed by atoms with Crippen molar-refractivity contribution in [2.45, 2.75) is 32.2 Å². The summed E-state index contributed by atoms with van der Waals surface area (Å²) < 4.78 is 2.09. The Balaban J connectivity index is 1.67. The maximum absolute atomic E-state index is 5.66. The van der Waals surface area contributed by atoms with E-state index in [1.807, 2.05) is 0 Å². The number of pyridine rings is 1. The predicted molar refractivity (Wildman–Crippen MR) is 77.1 cm³/mol. The number of imidazole rings is 1. The van der Waals surface area contributed by atoms with Crippen molar-refractivity contribution in [2.24, 2.45) is 5.73 Å². The minimum absolute atomic E-state index is 0.576. The van der Waals surface area contributed by atoms with Crippen LogP contribution in [0.5, 0.6) is 0 Å². The summed E-state index contributed by atoms with van der Waals surface area (Å²) in [4.78, 5) is 7.24. The van der Waals surface area contributed by atoms with Crippen LogP contribution in [0.2, 0.25) is 0 Å². The predicted octanol–water partition coefficient (Wildman–Crippen LogP) is 1.82. The van der Waals surface area contributed by atoms with E-state index in [4.69, 9.17) is 5.73 Å². The van der Waals surface area contributed by atoms with E-state index in [0.29, 0.717) is 6.54 Å². The fourth-order valence-electron chi connectivity index (χ4n) is 2.78. The highest BCUT2D eigenvalue weighted by atomic mass is 15.1. The molecule has 0 spiro atoms. The Morgan fingerprint density at radius 1 is 1.21 bits per heavy atom. The first-order valence-electron chi connectivity index (χ1n) is 7.24. The molecule has 0 unspecified atom stereocenters. The summed E-state index contributed by atoms with van der Waals surface area (Å²) in [6.45, 7) is 4.22. The summed E-state index contributed by atoms with van der Waals surface area (Å²) in [7, 11) is 0. The van der Waals surface area contributed by atoms with Gasteiger partial charge >= 0.3 is 0 Å². The second kappa shape index (κ2) is 5.72. The number of piperidine rings is 1. The van der Waals surface area contributed by atoms with Gasteiger partial charge in [-0.2, -0.15) is 0 Å². The Morgan fingerprint density at radius 2 is 2.05 bits per heavy atom. The summed E-state index contributed by atoms with van der Waals surface area (Å²) in [5.74, 6) is 0. The summed E-state index contributed by atoms with van der Waals surface area (Å²) in [6, 6.07) is 4.13. The van der Waals surface area contributed by atoms with Crippen molar-refractivity contribution in [2.75, 3.05) is 19.6 Å². The highest BCUT2D eigenvalue weighted by Gasteiger charge is 2.10. The second-order valence-corrected chi connectivity index (χ2v) is 5.39. The molecule has 2 aromatic rings. The maximum atomic E-state index is 5.66. The van der Waals surface area contributed by atoms with Gasteiger partial charge in [0.05, 0.1) is 5.69 Å². The van der Waals surface area contributed by atoms with E-state index in [-0.39, 0.29) is 0 Å². The molecule has 0 bridgehead atoms. The third-order valence-corrected chi connectivity index (χ3v) is 3.94. The molecule has 0 radical (unpaired) electrons. The average molecular weight is 258 g/mol. The zero-order valence-corrected chi connectivity index (χ0v) is 11.4. The minimum Gasteiger partial charge on any atom is -0.326 e. The van der Waals surface area contributed by atoms with Crippen LogP contribution in [0.3, 0.4) is 0 Å². The normalized spacial score (nSPS) is 17.1. The van der Waals surface area contributed by atoms with E-state index in [0.717, 1.165) is 24.2 Å². The third-order valence-electron chi connectivity index (χ3n) is 3.94. The van der Waals surface area contributed by atoms with Gasteiger partial charge in [0.25, 0.3) is 0 Å². The smallest absolute Gasteiger partial charge is 0.137 e. The molecule has 0 atom stereocenters. The molecular weight excluding hydrogens is 236 g/mol. The number of fused-ring (bicyclic) bond motifs is 1. The third kappa shape index (κ3) is 2.96. The SMILES string of the molecule is NCc1ccn2cc(CCN3CCCCC3)nc2c1. The van der Waals surface area contributed by atoms with Crippen LogP contribution in [0, 0.1) is 0 Å². The standard InChI is InChI=1S/C15H22N4/c16-11-13-4-9-19-12-14(17-15(19)10-13)5-8-18-6-2-1-3-7-18/h4,9-10,12H,1-3,5-8,11,16H2. The van der Waals surface area contributed by atoms with Gasteiger partial charge in [-0.1, -0.05) is 6.42 Å². The van der Waals surface area contributed by atoms with Crippen molar-refractivity contribution < 1.29 is 0 Å². The molecule has 19 heavy (non-hydrogen) atoms. The lowest BCUT2D eigenvalue weighted by atomic mass is 10.1. The molecule has 102 valence electrons. The Labute approximate surface area is 114 Å². The fraction of sp³-hybridized carbons (Fsp3) is 0.533. The molecule has 4 nitrogen and oxygen atoms in total. The Kier molecular flexibility index (Phi) is 3.80. The van der Waals surface area contributed by atoms with Crippen LogP contribution in [0.4, 0.5) is 0 Å². The number of hydrogen-bond acceptors (Lipinski definition) is 3. The van der Waals surface area contributed by atoms with E-state index in [9.17, 15) is 0 Å². The van der Waals surface area contributed by atoms with Crippen LogP contribution in [-0.2, 0) is 13.0 Å². The van der Waals surface area contributed by atoms with Gasteiger partial charge in [0.2, 0.25) is 0 Å². The molecule has 0 aliphatic carbocycles. The van der Waals surface area contributed by atoms with Crippen LogP contribution in [0.25, 0.3) is 5.65 Å². The lowest BCUT2D eigenvalue weighted by Crippen LogP contribution is -2.31. The van der Waals surface area contributed by atoms with Gasteiger partial charge in [-0.15, -0.1) is 0 Å². The topological polar surface area (TPSA) is 46.6 Å². The van der Waals surface area contributed by atoms with E-state index < -0.39 is 0 Å². The fourth-order valence-corrected chi connectivity index (χ4v) is 2.78. The summed E-state index contributed by atoms with van der Waals surface area (Å²) >= 11 is 0. The monoisotopic (exact) mass is 258 g/mol. The van der Waals surface area contributed by atoms with Gasteiger partial charge in [-0.25, -0.2) is 4.98 Å². The van der Waals surface area contributed by atoms with Crippen molar-refractivity contribution in [3.8, 4) is 0 Å². The quantitative estimate of drug-likeness (QED) is 0.910. The number of nitrogens with zero attached hydrogens (tertiary/aromatic N) is 3. The average Bonchev–Trinajstić information content (AvgIpc) is 2.88. The Morgan fingerprint density at radius 3 is 2.84 bits per heavy atom. The van der Waals surface area contributed by atoms with E-state index >= 15 is 0 Å². The molecule has 0 amide bonds. The zero-order valence-electron chi connectivity index (χ0n) is 11.4. The van der Waals surface area contributed by atoms with Crippen LogP contribution in [0.1, 0.15) is 30.5 Å². The van der Waals surface area contributed by atoms with Crippen LogP contribution >= 0.6 is 0 Å². The van der Waals surface area contributed by atoms with Crippen molar-refractivity contribution >= 4 is 5.65 Å². The molecule has 1 aliphatic heterocycles. The number of likely N-dealkylation sites (tertiary alicyclic amines) is 1. The van der Waals surface area contributed by atoms with Gasteiger partial charge in [0.1, 0.15) is 5.65 Å². The van der Waals surface area contributed by atoms with Crippen molar-refractivity contribution in [1.82, 2.24) is 14.3 Å². The number of nitrogens with two attached hydrogens (primary N) is 1. The molecule has 3 heterocycles. The Bertz CT molecular complexity index is 540. The van der Waals surface area contributed by atoms with Crippen molar-refractivity contribution in [3.05, 3.63) is 35.8 Å². The highest BCUT2D eigenvalue weighted by Crippen LogP contribution is 2.11. The Hall–Kier alpha value is -1.39. The molecule has 0 saturated carbocycles. The first-order valence-corrected chi connectivity index (χ1v) is 7.24. The molecule has 1 fully saturated rings. The summed E-state index contributed by atoms with van der Waals surface area (Å²) in [5, 5.41) is 0. The lowest BCUT2D eigenvalue weighted by molar-refractivity contribution is 0.231. The lowest BCUT2D eigenvalue weighted by Gasteiger charge is -2.25. The van der Waals surface area contributed by atoms with Crippen LogP contribution in [0.15, 0.2) is 24.5 Å². The first-order chi connectivity index (χ1) is 9.35. The maximum Gasteiger partial charge on any atom is 0.137 e. The molecule has 1 aliphatic rings. The van der Waals surface area contributed by atoms with Crippen molar-refractivity contribution in [1.29, 1.82) is 0 Å². The van der Waals surface area contributed by atoms with Gasteiger partial charge in [-0.3, -0.25) is 0 Å². The van der Waals surface area contributed by atoms with Gasteiger partial charge in [0, 0.05) is 31.9 Å². The largest absolute Gasteiger partial charge is 0.326 e. The molecule has 4 heteroatoms. The molecule has 0 aromatic carbocycles. The molecular formula is C15H22N4. The van der Waals surface area contributed by atoms with Gasteiger partial charge < -0.3 is 15.0 Å². The first kappa shape index (κ1) is 12.6. The summed E-state index contributed by atoms with van der Waals surface area (Å²) in [5.41, 5.74) is 8.99. The second-order valence-electron chi connectivity index (χ2n) is 5.39. The van der Waals surface area contributed by atoms with E-state index in [2.05, 4.69) is 38.8 Å². The molecule has 2 N–H and O–H groups in total. The van der Waals surface area contributed by atoms with E-state index in [1.54, 1.807) is 0 Å². The molecule has 3 rings (SSSR count). The van der Waals surface area contributed by atoms with Crippen LogP contribution in [-0.4, -0.2) is 33.9 Å². The highest BCUT2D eigenvalue weighted by molar-refractivity contribution is 5.43. The van der Waals surface area contributed by atoms with Gasteiger partial charge in [-0.05, 0) is 43.6 Å². The number of hydrogen-bond donors (Lipinski definition) is 1. The summed E-state index contributed by atoms with van der Waals surface area (Å²) in [6.07, 6.45) is 9.33. The zero-order chi connectivity index (χ0) is 13.1. The van der Waals surface area contributed by atoms with Crippen LogP contribution < -0.4 is 5.73 Å². The minimum atomic E-state index is 0.576. The van der Waals surface area contributed by atoms with Gasteiger partial charge in [0.15, 0.2) is 0 Å².